The van der Waals surface area contributed by atoms with E-state index in [9.17, 15) is 4.79 Å². The summed E-state index contributed by atoms with van der Waals surface area (Å²) in [4.78, 5) is 12.0. The van der Waals surface area contributed by atoms with Crippen LogP contribution in [0.3, 0.4) is 0 Å². The predicted octanol–water partition coefficient (Wildman–Crippen LogP) is 2.13. The summed E-state index contributed by atoms with van der Waals surface area (Å²) in [5.74, 6) is 0.246. The van der Waals surface area contributed by atoms with Crippen LogP contribution < -0.4 is 5.32 Å². The summed E-state index contributed by atoms with van der Waals surface area (Å²) in [6.45, 7) is 0.342. The molecule has 1 aromatic heterocycles. The highest BCUT2D eigenvalue weighted by atomic mass is 35.5. The van der Waals surface area contributed by atoms with Crippen molar-refractivity contribution in [1.82, 2.24) is 20.1 Å². The lowest BCUT2D eigenvalue weighted by Gasteiger charge is -2.18. The third kappa shape index (κ3) is 3.72. The zero-order chi connectivity index (χ0) is 15.4. The summed E-state index contributed by atoms with van der Waals surface area (Å²) >= 11 is 12.0. The van der Waals surface area contributed by atoms with Gasteiger partial charge in [0.05, 0.1) is 13.7 Å². The molecule has 1 aromatic carbocycles. The number of ether oxygens (including phenoxy) is 1. The van der Waals surface area contributed by atoms with Crippen LogP contribution in [-0.4, -0.2) is 27.8 Å². The number of aryl methyl sites for hydroxylation is 1. The van der Waals surface area contributed by atoms with Gasteiger partial charge in [-0.3, -0.25) is 5.32 Å². The lowest BCUT2D eigenvalue weighted by Crippen LogP contribution is -2.30. The molecule has 2 rings (SSSR count). The monoisotopic (exact) mass is 328 g/mol. The molecule has 0 amide bonds. The zero-order valence-electron chi connectivity index (χ0n) is 11.5. The van der Waals surface area contributed by atoms with Crippen molar-refractivity contribution in [3.05, 3.63) is 46.0 Å². The molecule has 0 saturated carbocycles. The maximum absolute atomic E-state index is 12.0. The van der Waals surface area contributed by atoms with Gasteiger partial charge in [0.1, 0.15) is 18.2 Å². The van der Waals surface area contributed by atoms with E-state index in [4.69, 9.17) is 27.9 Å². The van der Waals surface area contributed by atoms with Crippen LogP contribution in [0.1, 0.15) is 17.4 Å². The molecule has 1 N–H and O–H groups in total. The molecule has 1 atom stereocenters. The van der Waals surface area contributed by atoms with E-state index in [0.717, 1.165) is 0 Å². The zero-order valence-corrected chi connectivity index (χ0v) is 13.0. The molecule has 6 nitrogen and oxygen atoms in total. The summed E-state index contributed by atoms with van der Waals surface area (Å²) in [6, 6.07) is 4.23. The smallest absolute Gasteiger partial charge is 0.327 e. The minimum atomic E-state index is -0.712. The molecule has 0 unspecified atom stereocenters. The maximum Gasteiger partial charge on any atom is 0.327 e. The normalized spacial score (nSPS) is 12.2. The molecule has 0 radical (unpaired) electrons. The van der Waals surface area contributed by atoms with Crippen LogP contribution in [0.4, 0.5) is 0 Å². The Morgan fingerprint density at radius 1 is 1.48 bits per heavy atom. The van der Waals surface area contributed by atoms with Crippen molar-refractivity contribution in [3.63, 3.8) is 0 Å². The molecule has 112 valence electrons. The van der Waals surface area contributed by atoms with Gasteiger partial charge in [0, 0.05) is 17.1 Å². The Hall–Kier alpha value is -1.63. The fraction of sp³-hybridized carbons (Fsp3) is 0.308. The van der Waals surface area contributed by atoms with Gasteiger partial charge in [-0.25, -0.2) is 4.79 Å². The van der Waals surface area contributed by atoms with Crippen molar-refractivity contribution in [1.29, 1.82) is 0 Å². The van der Waals surface area contributed by atoms with Crippen LogP contribution in [0.15, 0.2) is 24.5 Å². The molecule has 2 aromatic rings. The molecule has 0 bridgehead atoms. The quantitative estimate of drug-likeness (QED) is 0.851. The van der Waals surface area contributed by atoms with E-state index in [2.05, 4.69) is 15.5 Å². The Bertz CT molecular complexity index is 645. The summed E-state index contributed by atoms with van der Waals surface area (Å²) in [6.07, 6.45) is 1.58. The summed E-state index contributed by atoms with van der Waals surface area (Å²) in [7, 11) is 3.14. The van der Waals surface area contributed by atoms with Gasteiger partial charge in [-0.05, 0) is 17.7 Å². The lowest BCUT2D eigenvalue weighted by molar-refractivity contribution is -0.143. The van der Waals surface area contributed by atoms with Gasteiger partial charge in [0.25, 0.3) is 0 Å². The van der Waals surface area contributed by atoms with E-state index < -0.39 is 12.0 Å². The molecule has 8 heteroatoms. The fourth-order valence-corrected chi connectivity index (χ4v) is 2.35. The van der Waals surface area contributed by atoms with Gasteiger partial charge < -0.3 is 9.30 Å². The maximum atomic E-state index is 12.0. The van der Waals surface area contributed by atoms with Crippen molar-refractivity contribution in [2.75, 3.05) is 7.11 Å². The Morgan fingerprint density at radius 2 is 2.24 bits per heavy atom. The van der Waals surface area contributed by atoms with E-state index in [1.165, 1.54) is 7.11 Å². The number of nitrogens with zero attached hydrogens (tertiary/aromatic N) is 3. The first-order chi connectivity index (χ1) is 10.0. The number of carbonyl (C=O) groups is 1. The highest BCUT2D eigenvalue weighted by Crippen LogP contribution is 2.27. The van der Waals surface area contributed by atoms with Gasteiger partial charge in [0.2, 0.25) is 0 Å². The van der Waals surface area contributed by atoms with Crippen molar-refractivity contribution in [2.45, 2.75) is 12.6 Å². The number of benzene rings is 1. The minimum absolute atomic E-state index is 0.342. The van der Waals surface area contributed by atoms with E-state index in [1.54, 1.807) is 29.1 Å². The van der Waals surface area contributed by atoms with Crippen LogP contribution in [0, 0.1) is 0 Å². The number of nitrogens with one attached hydrogen (secondary N) is 1. The number of hydrogen-bond donors (Lipinski definition) is 1. The fourth-order valence-electron chi connectivity index (χ4n) is 1.83. The topological polar surface area (TPSA) is 69.0 Å². The first kappa shape index (κ1) is 15.8. The molecule has 21 heavy (non-hydrogen) atoms. The van der Waals surface area contributed by atoms with Gasteiger partial charge in [0.15, 0.2) is 0 Å². The van der Waals surface area contributed by atoms with Crippen molar-refractivity contribution < 1.29 is 9.53 Å². The summed E-state index contributed by atoms with van der Waals surface area (Å²) < 4.78 is 6.57. The van der Waals surface area contributed by atoms with E-state index in [-0.39, 0.29) is 0 Å². The van der Waals surface area contributed by atoms with E-state index in [0.29, 0.717) is 28.0 Å². The number of carbonyl (C=O) groups excluding carboxylic acids is 1. The standard InChI is InChI=1S/C13H14Cl2N4O2/c1-19-7-17-18-11(19)6-16-12(13(20)21-2)9-4-3-8(14)5-10(9)15/h3-5,7,12,16H,6H2,1-2H3/t12-/m0/s1. The summed E-state index contributed by atoms with van der Waals surface area (Å²) in [5, 5.41) is 11.7. The molecular weight excluding hydrogens is 315 g/mol. The van der Waals surface area contributed by atoms with Crippen LogP contribution in [-0.2, 0) is 23.1 Å². The highest BCUT2D eigenvalue weighted by molar-refractivity contribution is 6.35. The van der Waals surface area contributed by atoms with Crippen LogP contribution >= 0.6 is 23.2 Å². The molecule has 0 aliphatic rings. The van der Waals surface area contributed by atoms with Crippen LogP contribution in [0.25, 0.3) is 0 Å². The molecule has 0 saturated heterocycles. The molecular formula is C13H14Cl2N4O2. The van der Waals surface area contributed by atoms with Crippen LogP contribution in [0.2, 0.25) is 10.0 Å². The molecule has 0 aliphatic carbocycles. The first-order valence-electron chi connectivity index (χ1n) is 6.12. The van der Waals surface area contributed by atoms with Crippen LogP contribution in [0.5, 0.6) is 0 Å². The second kappa shape index (κ2) is 6.89. The molecule has 0 aliphatic heterocycles. The summed E-state index contributed by atoms with van der Waals surface area (Å²) in [5.41, 5.74) is 0.593. The average molecular weight is 329 g/mol. The SMILES string of the molecule is COC(=O)[C@@H](NCc1nncn1C)c1ccc(Cl)cc1Cl. The predicted molar refractivity (Wildman–Crippen MR) is 79.1 cm³/mol. The number of esters is 1. The number of methoxy groups -OCH3 is 1. The molecule has 1 heterocycles. The number of rotatable bonds is 5. The average Bonchev–Trinajstić information content (AvgIpc) is 2.86. The van der Waals surface area contributed by atoms with E-state index >= 15 is 0 Å². The highest BCUT2D eigenvalue weighted by Gasteiger charge is 2.24. The van der Waals surface area contributed by atoms with Crippen molar-refractivity contribution in [2.24, 2.45) is 7.05 Å². The number of halogens is 2. The Morgan fingerprint density at radius 3 is 2.81 bits per heavy atom. The Labute approximate surface area is 132 Å². The first-order valence-corrected chi connectivity index (χ1v) is 6.87. The number of aromatic nitrogens is 3. The number of hydrogen-bond acceptors (Lipinski definition) is 5. The molecule has 0 fully saturated rings. The lowest BCUT2D eigenvalue weighted by atomic mass is 10.1. The van der Waals surface area contributed by atoms with Gasteiger partial charge >= 0.3 is 5.97 Å². The van der Waals surface area contributed by atoms with Gasteiger partial charge in [-0.1, -0.05) is 29.3 Å². The van der Waals surface area contributed by atoms with Gasteiger partial charge in [-0.15, -0.1) is 10.2 Å². The minimum Gasteiger partial charge on any atom is -0.468 e. The van der Waals surface area contributed by atoms with Crippen molar-refractivity contribution >= 4 is 29.2 Å². The Balaban J connectivity index is 2.22. The van der Waals surface area contributed by atoms with Crippen molar-refractivity contribution in [3.8, 4) is 0 Å². The largest absolute Gasteiger partial charge is 0.468 e. The van der Waals surface area contributed by atoms with E-state index in [1.807, 2.05) is 7.05 Å². The second-order valence-corrected chi connectivity index (χ2v) is 5.20. The molecule has 0 spiro atoms. The third-order valence-electron chi connectivity index (χ3n) is 2.98. The third-order valence-corrected chi connectivity index (χ3v) is 3.54. The second-order valence-electron chi connectivity index (χ2n) is 4.36. The van der Waals surface area contributed by atoms with Gasteiger partial charge in [-0.2, -0.15) is 0 Å². The Kier molecular flexibility index (Phi) is 5.17.